The number of nitrogens with zero attached hydrogens (tertiary/aromatic N) is 3. The van der Waals surface area contributed by atoms with E-state index in [4.69, 9.17) is 10.5 Å². The number of methoxy groups -OCH3 is 1. The van der Waals surface area contributed by atoms with Gasteiger partial charge in [0, 0.05) is 19.0 Å². The second-order valence-electron chi connectivity index (χ2n) is 3.31. The number of aliphatic imine (C=N–C) groups is 1. The summed E-state index contributed by atoms with van der Waals surface area (Å²) < 4.78 is 5.05. The molecular formula is C9H14N4OS. The molecule has 0 amide bonds. The van der Waals surface area contributed by atoms with Crippen LogP contribution in [0.15, 0.2) is 15.9 Å². The Hall–Kier alpha value is -1.14. The summed E-state index contributed by atoms with van der Waals surface area (Å²) in [4.78, 5) is 10.6. The van der Waals surface area contributed by atoms with Crippen LogP contribution in [0.3, 0.4) is 0 Å². The normalized spacial score (nSPS) is 20.7. The molecule has 0 bridgehead atoms. The van der Waals surface area contributed by atoms with Crippen LogP contribution in [0.5, 0.6) is 0 Å². The van der Waals surface area contributed by atoms with Crippen LogP contribution in [0, 0.1) is 0 Å². The van der Waals surface area contributed by atoms with Crippen LogP contribution in [0.2, 0.25) is 0 Å². The Bertz CT molecular complexity index is 338. The summed E-state index contributed by atoms with van der Waals surface area (Å²) in [5, 5.41) is 2.04. The lowest BCUT2D eigenvalue weighted by Gasteiger charge is -2.24. The van der Waals surface area contributed by atoms with Gasteiger partial charge in [0.1, 0.15) is 0 Å². The number of aromatic nitrogens is 1. The van der Waals surface area contributed by atoms with Crippen molar-refractivity contribution in [3.63, 3.8) is 0 Å². The van der Waals surface area contributed by atoms with E-state index in [0.29, 0.717) is 19.1 Å². The molecular weight excluding hydrogens is 212 g/mol. The van der Waals surface area contributed by atoms with E-state index < -0.39 is 0 Å². The monoisotopic (exact) mass is 226 g/mol. The van der Waals surface area contributed by atoms with E-state index >= 15 is 0 Å². The Kier molecular flexibility index (Phi) is 3.17. The van der Waals surface area contributed by atoms with Crippen molar-refractivity contribution < 1.29 is 4.74 Å². The maximum absolute atomic E-state index is 5.81. The summed E-state index contributed by atoms with van der Waals surface area (Å²) >= 11 is 1.59. The van der Waals surface area contributed by atoms with Crippen LogP contribution in [0.25, 0.3) is 0 Å². The van der Waals surface area contributed by atoms with Gasteiger partial charge in [-0.05, 0) is 0 Å². The highest BCUT2D eigenvalue weighted by Gasteiger charge is 2.28. The largest absolute Gasteiger partial charge is 0.383 e. The highest BCUT2D eigenvalue weighted by molar-refractivity contribution is 7.07. The van der Waals surface area contributed by atoms with Gasteiger partial charge in [-0.1, -0.05) is 0 Å². The van der Waals surface area contributed by atoms with Crippen LogP contribution in [0.4, 0.5) is 0 Å². The molecule has 2 rings (SSSR count). The average Bonchev–Trinajstić information content (AvgIpc) is 2.84. The van der Waals surface area contributed by atoms with Gasteiger partial charge in [-0.25, -0.2) is 4.98 Å². The molecule has 1 atom stereocenters. The fourth-order valence-corrected chi connectivity index (χ4v) is 2.23. The molecule has 1 aliphatic heterocycles. The molecule has 0 spiro atoms. The molecule has 2 heterocycles. The highest BCUT2D eigenvalue weighted by Crippen LogP contribution is 2.24. The van der Waals surface area contributed by atoms with Crippen molar-refractivity contribution in [1.29, 1.82) is 0 Å². The second-order valence-corrected chi connectivity index (χ2v) is 4.03. The number of ether oxygens (including phenoxy) is 1. The van der Waals surface area contributed by atoms with Gasteiger partial charge in [0.25, 0.3) is 0 Å². The number of rotatable bonds is 4. The predicted molar refractivity (Wildman–Crippen MR) is 59.9 cm³/mol. The molecule has 0 aromatic carbocycles. The fourth-order valence-electron chi connectivity index (χ4n) is 1.63. The minimum absolute atomic E-state index is 0.186. The fraction of sp³-hybridized carbons (Fsp3) is 0.556. The van der Waals surface area contributed by atoms with Gasteiger partial charge >= 0.3 is 0 Å². The maximum atomic E-state index is 5.81. The first-order chi connectivity index (χ1) is 7.33. The Morgan fingerprint density at radius 3 is 3.27 bits per heavy atom. The van der Waals surface area contributed by atoms with Crippen molar-refractivity contribution in [1.82, 2.24) is 9.88 Å². The molecule has 0 radical (unpaired) electrons. The molecule has 0 aliphatic carbocycles. The zero-order valence-corrected chi connectivity index (χ0v) is 9.41. The van der Waals surface area contributed by atoms with Crippen LogP contribution in [-0.2, 0) is 4.74 Å². The van der Waals surface area contributed by atoms with Gasteiger partial charge in [-0.3, -0.25) is 4.99 Å². The van der Waals surface area contributed by atoms with Crippen molar-refractivity contribution in [2.24, 2.45) is 10.7 Å². The molecule has 1 aliphatic rings. The van der Waals surface area contributed by atoms with Crippen LogP contribution < -0.4 is 5.73 Å². The third kappa shape index (κ3) is 2.10. The zero-order chi connectivity index (χ0) is 10.7. The van der Waals surface area contributed by atoms with E-state index in [9.17, 15) is 0 Å². The smallest absolute Gasteiger partial charge is 0.192 e. The summed E-state index contributed by atoms with van der Waals surface area (Å²) in [7, 11) is 1.68. The first kappa shape index (κ1) is 10.4. The van der Waals surface area contributed by atoms with E-state index in [2.05, 4.69) is 9.98 Å². The van der Waals surface area contributed by atoms with Gasteiger partial charge in [0.05, 0.1) is 30.4 Å². The van der Waals surface area contributed by atoms with Gasteiger partial charge in [-0.2, -0.15) is 0 Å². The molecule has 0 saturated carbocycles. The SMILES string of the molecule is COCCN1C(N)=NCC1c1cscn1. The minimum atomic E-state index is 0.186. The molecule has 1 unspecified atom stereocenters. The predicted octanol–water partition coefficient (Wildman–Crippen LogP) is 0.461. The molecule has 0 saturated heterocycles. The number of hydrogen-bond acceptors (Lipinski definition) is 6. The third-order valence-electron chi connectivity index (χ3n) is 2.43. The van der Waals surface area contributed by atoms with Crippen molar-refractivity contribution in [2.45, 2.75) is 6.04 Å². The van der Waals surface area contributed by atoms with Gasteiger partial charge < -0.3 is 15.4 Å². The summed E-state index contributed by atoms with van der Waals surface area (Å²) in [6.45, 7) is 2.10. The standard InChI is InChI=1S/C9H14N4OS/c1-14-3-2-13-8(4-11-9(13)10)7-5-15-6-12-7/h5-6,8H,2-4H2,1H3,(H2,10,11). The zero-order valence-electron chi connectivity index (χ0n) is 8.59. The lowest BCUT2D eigenvalue weighted by atomic mass is 10.2. The summed E-state index contributed by atoms with van der Waals surface area (Å²) in [6.07, 6.45) is 0. The Balaban J connectivity index is 2.07. The number of nitrogens with two attached hydrogens (primary N) is 1. The average molecular weight is 226 g/mol. The molecule has 1 aromatic heterocycles. The maximum Gasteiger partial charge on any atom is 0.192 e. The van der Waals surface area contributed by atoms with Crippen molar-refractivity contribution >= 4 is 17.3 Å². The molecule has 0 fully saturated rings. The molecule has 15 heavy (non-hydrogen) atoms. The first-order valence-electron chi connectivity index (χ1n) is 4.76. The van der Waals surface area contributed by atoms with Crippen LogP contribution in [-0.4, -0.2) is 42.6 Å². The lowest BCUT2D eigenvalue weighted by Crippen LogP contribution is -2.38. The lowest BCUT2D eigenvalue weighted by molar-refractivity contribution is 0.166. The number of hydrogen-bond donors (Lipinski definition) is 1. The van der Waals surface area contributed by atoms with E-state index in [-0.39, 0.29) is 6.04 Å². The minimum Gasteiger partial charge on any atom is -0.383 e. The number of guanidine groups is 1. The molecule has 1 aromatic rings. The van der Waals surface area contributed by atoms with Crippen LogP contribution in [0.1, 0.15) is 11.7 Å². The first-order valence-corrected chi connectivity index (χ1v) is 5.71. The van der Waals surface area contributed by atoms with Crippen molar-refractivity contribution in [2.75, 3.05) is 26.8 Å². The summed E-state index contributed by atoms with van der Waals surface area (Å²) in [5.74, 6) is 0.588. The second kappa shape index (κ2) is 4.59. The van der Waals surface area contributed by atoms with Gasteiger partial charge in [0.15, 0.2) is 5.96 Å². The summed E-state index contributed by atoms with van der Waals surface area (Å²) in [6, 6.07) is 0.186. The Morgan fingerprint density at radius 2 is 2.60 bits per heavy atom. The summed E-state index contributed by atoms with van der Waals surface area (Å²) in [5.41, 5.74) is 8.69. The highest BCUT2D eigenvalue weighted by atomic mass is 32.1. The van der Waals surface area contributed by atoms with Crippen LogP contribution >= 0.6 is 11.3 Å². The van der Waals surface area contributed by atoms with E-state index in [1.807, 2.05) is 15.8 Å². The topological polar surface area (TPSA) is 63.7 Å². The Labute approximate surface area is 92.6 Å². The van der Waals surface area contributed by atoms with E-state index in [1.54, 1.807) is 18.4 Å². The van der Waals surface area contributed by atoms with E-state index in [0.717, 1.165) is 12.2 Å². The van der Waals surface area contributed by atoms with Gasteiger partial charge in [0.2, 0.25) is 0 Å². The van der Waals surface area contributed by atoms with E-state index in [1.165, 1.54) is 0 Å². The molecule has 6 heteroatoms. The molecule has 82 valence electrons. The van der Waals surface area contributed by atoms with Crippen molar-refractivity contribution in [3.05, 3.63) is 16.6 Å². The van der Waals surface area contributed by atoms with Gasteiger partial charge in [-0.15, -0.1) is 11.3 Å². The quantitative estimate of drug-likeness (QED) is 0.810. The molecule has 2 N–H and O–H groups in total. The van der Waals surface area contributed by atoms with Crippen molar-refractivity contribution in [3.8, 4) is 0 Å². The Morgan fingerprint density at radius 1 is 1.73 bits per heavy atom. The third-order valence-corrected chi connectivity index (χ3v) is 3.03. The molecule has 5 nitrogen and oxygen atoms in total. The number of thiazole rings is 1.